The van der Waals surface area contributed by atoms with Crippen molar-refractivity contribution in [3.63, 3.8) is 0 Å². The number of hydrogen-bond acceptors (Lipinski definition) is 10. The highest BCUT2D eigenvalue weighted by Crippen LogP contribution is 2.23. The number of benzene rings is 3. The molecule has 0 saturated carbocycles. The molecule has 0 aliphatic rings. The van der Waals surface area contributed by atoms with E-state index < -0.39 is 25.5 Å². The molecule has 0 atom stereocenters. The third-order valence-electron chi connectivity index (χ3n) is 9.66. The molecule has 2 amide bonds. The maximum atomic E-state index is 13.1. The second-order valence-corrected chi connectivity index (χ2v) is 17.8. The number of aromatic nitrogens is 8. The highest BCUT2D eigenvalue weighted by molar-refractivity contribution is 7.91. The zero-order valence-electron chi connectivity index (χ0n) is 32.6. The lowest BCUT2D eigenvalue weighted by Crippen LogP contribution is -2.23. The third kappa shape index (κ3) is 8.88. The Kier molecular flexibility index (Phi) is 11.3. The van der Waals surface area contributed by atoms with Crippen LogP contribution >= 0.6 is 0 Å². The van der Waals surface area contributed by atoms with E-state index in [-0.39, 0.29) is 44.5 Å². The third-order valence-corrected chi connectivity index (χ3v) is 13.1. The molecule has 0 aliphatic carbocycles. The van der Waals surface area contributed by atoms with Crippen LogP contribution in [0.25, 0.3) is 27.5 Å². The van der Waals surface area contributed by atoms with Gasteiger partial charge in [-0.3, -0.25) is 24.2 Å². The molecule has 62 heavy (non-hydrogen) atoms. The van der Waals surface area contributed by atoms with Gasteiger partial charge >= 0.3 is 0 Å². The molecule has 6 heterocycles. The zero-order valence-corrected chi connectivity index (χ0v) is 34.2. The summed E-state index contributed by atoms with van der Waals surface area (Å²) >= 11 is 0. The summed E-state index contributed by atoms with van der Waals surface area (Å²) < 4.78 is 67.0. The standard InChI is InChI=1S/C24H18FN5O3S.C19H17N5O3S/c25-18-3-5-19(6-4-18)30-15-21(14-28-30)34(32,33)20-7-1-16(2-8-20)12-27-24(31)23-11-17-13-26-10-9-22(17)29-23;1-24-12-16(11-22-24)28(26,27)15-4-2-13(3-5-15)9-21-19(25)18-8-14-10-20-7-6-17(14)23-18/h1-11,13-15,29H,12H2,(H,27,31);2-8,10-12,23H,9H2,1H3,(H,21,25). The van der Waals surface area contributed by atoms with Crippen molar-refractivity contribution in [2.45, 2.75) is 32.7 Å². The smallest absolute Gasteiger partial charge is 0.267 e. The van der Waals surface area contributed by atoms with Crippen LogP contribution in [-0.4, -0.2) is 68.1 Å². The lowest BCUT2D eigenvalue weighted by molar-refractivity contribution is 0.0939. The maximum absolute atomic E-state index is 13.1. The van der Waals surface area contributed by atoms with Crippen LogP contribution in [0.2, 0.25) is 0 Å². The second kappa shape index (κ2) is 17.1. The Morgan fingerprint density at radius 3 is 1.52 bits per heavy atom. The number of sulfone groups is 2. The summed E-state index contributed by atoms with van der Waals surface area (Å²) in [6.07, 6.45) is 12.1. The fraction of sp³-hybridized carbons (Fsp3) is 0.0698. The number of amides is 2. The first kappa shape index (κ1) is 41.0. The number of halogens is 1. The van der Waals surface area contributed by atoms with Gasteiger partial charge in [-0.25, -0.2) is 25.9 Å². The predicted octanol–water partition coefficient (Wildman–Crippen LogP) is 5.71. The molecule has 16 nitrogen and oxygen atoms in total. The number of hydrogen-bond donors (Lipinski definition) is 4. The number of pyridine rings is 2. The van der Waals surface area contributed by atoms with Crippen molar-refractivity contribution in [3.8, 4) is 5.69 Å². The summed E-state index contributed by atoms with van der Waals surface area (Å²) in [4.78, 5) is 39.4. The van der Waals surface area contributed by atoms with Gasteiger partial charge < -0.3 is 20.6 Å². The van der Waals surface area contributed by atoms with Gasteiger partial charge in [0.25, 0.3) is 11.8 Å². The molecular formula is C43H35FN10O6S2. The molecular weight excluding hydrogens is 836 g/mol. The van der Waals surface area contributed by atoms with Crippen LogP contribution in [0.1, 0.15) is 32.1 Å². The van der Waals surface area contributed by atoms with Crippen molar-refractivity contribution in [2.24, 2.45) is 7.05 Å². The Bertz CT molecular complexity index is 3220. The van der Waals surface area contributed by atoms with E-state index in [0.29, 0.717) is 17.1 Å². The minimum absolute atomic E-state index is 0.0196. The average Bonchev–Trinajstić information content (AvgIpc) is 4.12. The number of rotatable bonds is 11. The molecule has 0 radical (unpaired) electrons. The topological polar surface area (TPSA) is 219 Å². The monoisotopic (exact) mass is 870 g/mol. The Labute approximate surface area is 353 Å². The SMILES string of the molecule is Cn1cc(S(=O)(=O)c2ccc(CNC(=O)c3cc4cnccc4[nH]3)cc2)cn1.O=C(NCc1ccc(S(=O)(=O)c2cnn(-c3ccc(F)cc3)c2)cc1)c1cc2cnccc2[nH]1. The largest absolute Gasteiger partial charge is 0.350 e. The number of aromatic amines is 2. The van der Waals surface area contributed by atoms with Crippen LogP contribution in [-0.2, 0) is 39.8 Å². The van der Waals surface area contributed by atoms with Crippen molar-refractivity contribution >= 4 is 53.3 Å². The summed E-state index contributed by atoms with van der Waals surface area (Å²) in [5.41, 5.74) is 4.59. The predicted molar refractivity (Wildman–Crippen MR) is 225 cm³/mol. The first-order valence-electron chi connectivity index (χ1n) is 18.7. The van der Waals surface area contributed by atoms with E-state index in [1.54, 1.807) is 80.4 Å². The number of nitrogens with one attached hydrogen (secondary N) is 4. The van der Waals surface area contributed by atoms with Crippen molar-refractivity contribution < 1.29 is 30.8 Å². The van der Waals surface area contributed by atoms with Gasteiger partial charge in [0.05, 0.1) is 27.9 Å². The van der Waals surface area contributed by atoms with E-state index in [4.69, 9.17) is 0 Å². The van der Waals surface area contributed by atoms with Crippen molar-refractivity contribution in [3.05, 3.63) is 175 Å². The molecule has 0 unspecified atom stereocenters. The maximum Gasteiger partial charge on any atom is 0.267 e. The van der Waals surface area contributed by atoms with E-state index in [1.165, 1.54) is 82.7 Å². The Morgan fingerprint density at radius 1 is 0.597 bits per heavy atom. The van der Waals surface area contributed by atoms with Gasteiger partial charge in [0.15, 0.2) is 0 Å². The first-order valence-corrected chi connectivity index (χ1v) is 21.7. The van der Waals surface area contributed by atoms with Gasteiger partial charge in [0, 0.05) is 79.1 Å². The zero-order chi connectivity index (χ0) is 43.4. The summed E-state index contributed by atoms with van der Waals surface area (Å²) in [6.45, 7) is 0.509. The molecule has 3 aromatic carbocycles. The molecule has 4 N–H and O–H groups in total. The van der Waals surface area contributed by atoms with Gasteiger partial charge in [-0.05, 0) is 83.9 Å². The molecule has 0 spiro atoms. The summed E-state index contributed by atoms with van der Waals surface area (Å²) in [7, 11) is -5.74. The summed E-state index contributed by atoms with van der Waals surface area (Å²) in [5, 5.41) is 15.3. The Balaban J connectivity index is 0.000000174. The van der Waals surface area contributed by atoms with Crippen molar-refractivity contribution in [1.29, 1.82) is 0 Å². The summed E-state index contributed by atoms with van der Waals surface area (Å²) in [6, 6.07) is 25.3. The van der Waals surface area contributed by atoms with Gasteiger partial charge in [0.2, 0.25) is 19.7 Å². The van der Waals surface area contributed by atoms with Crippen LogP contribution in [0.5, 0.6) is 0 Å². The van der Waals surface area contributed by atoms with Crippen molar-refractivity contribution in [1.82, 2.24) is 50.1 Å². The number of nitrogens with zero attached hydrogens (tertiary/aromatic N) is 6. The van der Waals surface area contributed by atoms with Crippen LogP contribution in [0, 0.1) is 5.82 Å². The van der Waals surface area contributed by atoms with Crippen LogP contribution in [0.3, 0.4) is 0 Å². The highest BCUT2D eigenvalue weighted by atomic mass is 32.2. The highest BCUT2D eigenvalue weighted by Gasteiger charge is 2.21. The van der Waals surface area contributed by atoms with E-state index in [1.807, 2.05) is 0 Å². The van der Waals surface area contributed by atoms with Crippen molar-refractivity contribution in [2.75, 3.05) is 0 Å². The fourth-order valence-corrected chi connectivity index (χ4v) is 8.74. The molecule has 0 fully saturated rings. The molecule has 0 saturated heterocycles. The molecule has 9 aromatic rings. The van der Waals surface area contributed by atoms with E-state index in [0.717, 1.165) is 32.9 Å². The lowest BCUT2D eigenvalue weighted by Gasteiger charge is -2.06. The number of aryl methyl sites for hydroxylation is 1. The Hall–Kier alpha value is -7.77. The number of carbonyl (C=O) groups excluding carboxylic acids is 2. The van der Waals surface area contributed by atoms with Gasteiger partial charge in [-0.2, -0.15) is 10.2 Å². The summed E-state index contributed by atoms with van der Waals surface area (Å²) in [5.74, 6) is -0.914. The minimum atomic E-state index is -3.80. The average molecular weight is 871 g/mol. The Morgan fingerprint density at radius 2 is 1.06 bits per heavy atom. The van der Waals surface area contributed by atoms with Crippen LogP contribution < -0.4 is 10.6 Å². The minimum Gasteiger partial charge on any atom is -0.350 e. The van der Waals surface area contributed by atoms with E-state index in [2.05, 4.69) is 40.8 Å². The first-order chi connectivity index (χ1) is 29.8. The molecule has 9 rings (SSSR count). The van der Waals surface area contributed by atoms with Crippen LogP contribution in [0.4, 0.5) is 4.39 Å². The molecule has 312 valence electrons. The molecule has 6 aromatic heterocycles. The van der Waals surface area contributed by atoms with E-state index >= 15 is 0 Å². The number of carbonyl (C=O) groups is 2. The van der Waals surface area contributed by atoms with Gasteiger partial charge in [0.1, 0.15) is 27.0 Å². The lowest BCUT2D eigenvalue weighted by atomic mass is 10.2. The van der Waals surface area contributed by atoms with Gasteiger partial charge in [-0.15, -0.1) is 0 Å². The van der Waals surface area contributed by atoms with E-state index in [9.17, 15) is 30.8 Å². The van der Waals surface area contributed by atoms with Gasteiger partial charge in [-0.1, -0.05) is 24.3 Å². The number of H-pyrrole nitrogens is 2. The quantitative estimate of drug-likeness (QED) is 0.124. The second-order valence-electron chi connectivity index (χ2n) is 13.9. The molecule has 19 heteroatoms. The normalized spacial score (nSPS) is 11.6. The van der Waals surface area contributed by atoms with Crippen LogP contribution in [0.15, 0.2) is 166 Å². The molecule has 0 aliphatic heterocycles. The molecule has 0 bridgehead atoms. The number of fused-ring (bicyclic) bond motifs is 2. The fourth-order valence-electron chi connectivity index (χ4n) is 6.31.